The molecule has 0 N–H and O–H groups in total. The molecule has 0 fully saturated rings. The van der Waals surface area contributed by atoms with Crippen LogP contribution in [0.1, 0.15) is 23.6 Å². The lowest BCUT2D eigenvalue weighted by atomic mass is 9.98. The Kier molecular flexibility index (Phi) is 7.52. The normalized spacial score (nSPS) is 10.0. The smallest absolute Gasteiger partial charge is 0.203 e. The van der Waals surface area contributed by atoms with Gasteiger partial charge in [0.1, 0.15) is 17.4 Å². The molecule has 0 saturated carbocycles. The van der Waals surface area contributed by atoms with Crippen molar-refractivity contribution in [2.24, 2.45) is 0 Å². The summed E-state index contributed by atoms with van der Waals surface area (Å²) in [5, 5.41) is 11.4. The molecule has 152 valence electrons. The first-order valence-electron chi connectivity index (χ1n) is 8.88. The quantitative estimate of drug-likeness (QED) is 0.565. The fourth-order valence-electron chi connectivity index (χ4n) is 3.27. The lowest BCUT2D eigenvalue weighted by molar-refractivity contribution is 0.324. The van der Waals surface area contributed by atoms with Crippen molar-refractivity contribution in [3.8, 4) is 29.1 Å². The van der Waals surface area contributed by atoms with E-state index in [1.807, 2.05) is 37.4 Å². The second-order valence-corrected chi connectivity index (χ2v) is 6.09. The highest BCUT2D eigenvalue weighted by Gasteiger charge is 2.16. The molecular weight excluding hydrogens is 392 g/mol. The highest BCUT2D eigenvalue weighted by atomic mass is 35.5. The summed E-state index contributed by atoms with van der Waals surface area (Å²) >= 11 is 0. The lowest BCUT2D eigenvalue weighted by Crippen LogP contribution is -1.99. The molecule has 0 aliphatic carbocycles. The number of pyridine rings is 1. The summed E-state index contributed by atoms with van der Waals surface area (Å²) in [5.41, 5.74) is 2.47. The molecule has 29 heavy (non-hydrogen) atoms. The fraction of sp³-hybridized carbons (Fsp3) is 0.273. The molecule has 0 radical (unpaired) electrons. The number of ether oxygens (including phenoxy) is 4. The molecule has 3 aromatic rings. The molecular formula is C22H23ClN2O4. The van der Waals surface area contributed by atoms with Gasteiger partial charge in [0.05, 0.1) is 27.9 Å². The van der Waals surface area contributed by atoms with Gasteiger partial charge in [-0.05, 0) is 48.1 Å². The van der Waals surface area contributed by atoms with Gasteiger partial charge in [0, 0.05) is 17.8 Å². The topological polar surface area (TPSA) is 73.6 Å². The van der Waals surface area contributed by atoms with Crippen LogP contribution in [-0.4, -0.2) is 32.9 Å². The molecule has 0 atom stereocenters. The number of benzene rings is 2. The Balaban J connectivity index is 0.00000300. The van der Waals surface area contributed by atoms with Crippen molar-refractivity contribution in [3.05, 3.63) is 53.3 Å². The van der Waals surface area contributed by atoms with Crippen LogP contribution in [0, 0.1) is 11.3 Å². The first kappa shape index (κ1) is 22.1. The number of rotatable bonds is 7. The van der Waals surface area contributed by atoms with Crippen LogP contribution < -0.4 is 18.9 Å². The molecule has 0 spiro atoms. The molecule has 1 aromatic heterocycles. The van der Waals surface area contributed by atoms with Crippen molar-refractivity contribution in [1.82, 2.24) is 4.98 Å². The Labute approximate surface area is 176 Å². The summed E-state index contributed by atoms with van der Waals surface area (Å²) in [6, 6.07) is 9.88. The summed E-state index contributed by atoms with van der Waals surface area (Å²) in [7, 11) is 4.76. The zero-order valence-corrected chi connectivity index (χ0v) is 17.6. The van der Waals surface area contributed by atoms with Gasteiger partial charge in [-0.2, -0.15) is 5.26 Å². The maximum atomic E-state index is 9.61. The zero-order valence-electron chi connectivity index (χ0n) is 16.8. The molecule has 3 rings (SSSR count). The minimum Gasteiger partial charge on any atom is -0.493 e. The van der Waals surface area contributed by atoms with Gasteiger partial charge in [-0.15, -0.1) is 12.4 Å². The molecule has 0 bridgehead atoms. The van der Waals surface area contributed by atoms with Crippen molar-refractivity contribution in [2.75, 3.05) is 27.9 Å². The van der Waals surface area contributed by atoms with Gasteiger partial charge in [-0.25, -0.2) is 0 Å². The molecule has 2 aromatic carbocycles. The standard InChI is InChI=1S/C22H22N2O4.ClH/c1-5-28-19-7-6-16-15(12-24-13-18(16)17(19)11-23)8-14-9-20(25-2)22(27-4)21(10-14)26-3;/h6-7,9-10,12-13H,5,8H2,1-4H3;1H. The van der Waals surface area contributed by atoms with E-state index < -0.39 is 0 Å². The van der Waals surface area contributed by atoms with E-state index in [0.717, 1.165) is 21.9 Å². The van der Waals surface area contributed by atoms with Crippen LogP contribution >= 0.6 is 12.4 Å². The summed E-state index contributed by atoms with van der Waals surface area (Å²) in [4.78, 5) is 4.34. The van der Waals surface area contributed by atoms with Gasteiger partial charge in [0.15, 0.2) is 11.5 Å². The van der Waals surface area contributed by atoms with Gasteiger partial charge in [0.25, 0.3) is 0 Å². The number of halogens is 1. The Morgan fingerprint density at radius 3 is 2.17 bits per heavy atom. The Hall–Kier alpha value is -3.17. The van der Waals surface area contributed by atoms with Crippen molar-refractivity contribution >= 4 is 23.2 Å². The van der Waals surface area contributed by atoms with Crippen LogP contribution in [0.5, 0.6) is 23.0 Å². The summed E-state index contributed by atoms with van der Waals surface area (Å²) in [6.07, 6.45) is 4.11. The van der Waals surface area contributed by atoms with Crippen molar-refractivity contribution in [3.63, 3.8) is 0 Å². The predicted octanol–water partition coefficient (Wildman–Crippen LogP) is 4.54. The molecule has 6 nitrogen and oxygen atoms in total. The van der Waals surface area contributed by atoms with E-state index in [4.69, 9.17) is 18.9 Å². The Morgan fingerprint density at radius 1 is 0.931 bits per heavy atom. The molecule has 0 saturated heterocycles. The summed E-state index contributed by atoms with van der Waals surface area (Å²) in [5.74, 6) is 2.32. The fourth-order valence-corrected chi connectivity index (χ4v) is 3.27. The highest BCUT2D eigenvalue weighted by molar-refractivity contribution is 5.92. The number of nitrogens with zero attached hydrogens (tertiary/aromatic N) is 2. The van der Waals surface area contributed by atoms with Crippen LogP contribution in [0.4, 0.5) is 0 Å². The van der Waals surface area contributed by atoms with Crippen LogP contribution in [0.2, 0.25) is 0 Å². The first-order valence-corrected chi connectivity index (χ1v) is 8.88. The highest BCUT2D eigenvalue weighted by Crippen LogP contribution is 2.39. The van der Waals surface area contributed by atoms with E-state index in [1.54, 1.807) is 27.5 Å². The molecule has 1 heterocycles. The van der Waals surface area contributed by atoms with Crippen LogP contribution in [-0.2, 0) is 6.42 Å². The largest absolute Gasteiger partial charge is 0.493 e. The van der Waals surface area contributed by atoms with Crippen molar-refractivity contribution in [1.29, 1.82) is 5.26 Å². The maximum Gasteiger partial charge on any atom is 0.203 e. The summed E-state index contributed by atoms with van der Waals surface area (Å²) in [6.45, 7) is 2.39. The van der Waals surface area contributed by atoms with Gasteiger partial charge < -0.3 is 18.9 Å². The minimum atomic E-state index is 0. The van der Waals surface area contributed by atoms with Crippen molar-refractivity contribution < 1.29 is 18.9 Å². The number of fused-ring (bicyclic) bond motifs is 1. The van der Waals surface area contributed by atoms with Gasteiger partial charge in [0.2, 0.25) is 5.75 Å². The predicted molar refractivity (Wildman–Crippen MR) is 114 cm³/mol. The van der Waals surface area contributed by atoms with Gasteiger partial charge in [-0.3, -0.25) is 4.98 Å². The van der Waals surface area contributed by atoms with Gasteiger partial charge in [-0.1, -0.05) is 6.07 Å². The van der Waals surface area contributed by atoms with Gasteiger partial charge >= 0.3 is 0 Å². The number of aromatic nitrogens is 1. The number of nitriles is 1. The van der Waals surface area contributed by atoms with Crippen molar-refractivity contribution in [2.45, 2.75) is 13.3 Å². The maximum absolute atomic E-state index is 9.61. The van der Waals surface area contributed by atoms with E-state index >= 15 is 0 Å². The molecule has 0 amide bonds. The average Bonchev–Trinajstić information content (AvgIpc) is 2.73. The second kappa shape index (κ2) is 9.85. The number of hydrogen-bond acceptors (Lipinski definition) is 6. The third-order valence-electron chi connectivity index (χ3n) is 4.52. The van der Waals surface area contributed by atoms with E-state index in [-0.39, 0.29) is 12.4 Å². The monoisotopic (exact) mass is 414 g/mol. The van der Waals surface area contributed by atoms with E-state index in [0.29, 0.717) is 41.6 Å². The van der Waals surface area contributed by atoms with E-state index in [9.17, 15) is 5.26 Å². The molecule has 0 aliphatic heterocycles. The lowest BCUT2D eigenvalue weighted by Gasteiger charge is -2.15. The van der Waals surface area contributed by atoms with Crippen LogP contribution in [0.15, 0.2) is 36.7 Å². The Bertz CT molecular complexity index is 1020. The van der Waals surface area contributed by atoms with E-state index in [1.165, 1.54) is 0 Å². The SMILES string of the molecule is CCOc1ccc2c(Cc3cc(OC)c(OC)c(OC)c3)cncc2c1C#N.Cl. The third kappa shape index (κ3) is 4.30. The number of methoxy groups -OCH3 is 3. The number of hydrogen-bond donors (Lipinski definition) is 0. The minimum absolute atomic E-state index is 0. The molecule has 7 heteroatoms. The van der Waals surface area contributed by atoms with Crippen LogP contribution in [0.25, 0.3) is 10.8 Å². The third-order valence-corrected chi connectivity index (χ3v) is 4.52. The summed E-state index contributed by atoms with van der Waals surface area (Å²) < 4.78 is 21.9. The second-order valence-electron chi connectivity index (χ2n) is 6.09. The zero-order chi connectivity index (χ0) is 20.1. The molecule has 0 unspecified atom stereocenters. The van der Waals surface area contributed by atoms with Crippen LogP contribution in [0.3, 0.4) is 0 Å². The van der Waals surface area contributed by atoms with E-state index in [2.05, 4.69) is 11.1 Å². The average molecular weight is 415 g/mol. The molecule has 0 aliphatic rings. The Morgan fingerprint density at radius 2 is 1.62 bits per heavy atom. The first-order chi connectivity index (χ1) is 13.7.